The first kappa shape index (κ1) is 39.8. The molecular formula is C38H38F2N8O4. The summed E-state index contributed by atoms with van der Waals surface area (Å²) in [4.78, 5) is 35.9. The molecule has 268 valence electrons. The van der Waals surface area contributed by atoms with Gasteiger partial charge >= 0.3 is 0 Å². The van der Waals surface area contributed by atoms with Crippen molar-refractivity contribution < 1.29 is 18.3 Å². The molecule has 1 fully saturated rings. The Labute approximate surface area is 300 Å². The van der Waals surface area contributed by atoms with Crippen molar-refractivity contribution in [3.63, 3.8) is 0 Å². The van der Waals surface area contributed by atoms with Crippen molar-refractivity contribution in [3.8, 4) is 48.2 Å². The molecule has 52 heavy (non-hydrogen) atoms. The lowest BCUT2D eigenvalue weighted by Crippen LogP contribution is -2.36. The van der Waals surface area contributed by atoms with Crippen molar-refractivity contribution in [2.45, 2.75) is 60.0 Å². The van der Waals surface area contributed by atoms with Gasteiger partial charge in [-0.25, -0.2) is 18.7 Å². The average Bonchev–Trinajstić information content (AvgIpc) is 3.16. The van der Waals surface area contributed by atoms with E-state index in [1.165, 1.54) is 57.9 Å². The molecule has 0 radical (unpaired) electrons. The lowest BCUT2D eigenvalue weighted by atomic mass is 10.1. The van der Waals surface area contributed by atoms with Crippen molar-refractivity contribution in [3.05, 3.63) is 103 Å². The van der Waals surface area contributed by atoms with Gasteiger partial charge in [0.05, 0.1) is 48.7 Å². The largest absolute Gasteiger partial charge is 0.400 e. The number of hydrogen-bond acceptors (Lipinski definition) is 10. The van der Waals surface area contributed by atoms with Crippen molar-refractivity contribution in [1.29, 1.82) is 10.5 Å². The molecule has 0 aliphatic carbocycles. The van der Waals surface area contributed by atoms with Crippen LogP contribution in [-0.4, -0.2) is 38.7 Å². The second-order valence-electron chi connectivity index (χ2n) is 10.7. The van der Waals surface area contributed by atoms with E-state index >= 15 is 0 Å². The fraction of sp³-hybridized carbons (Fsp3) is 0.316. The minimum Gasteiger partial charge on any atom is -0.400 e. The van der Waals surface area contributed by atoms with Crippen molar-refractivity contribution in [2.24, 2.45) is 0 Å². The first-order chi connectivity index (χ1) is 25.2. The Bertz CT molecular complexity index is 2160. The van der Waals surface area contributed by atoms with Crippen molar-refractivity contribution in [1.82, 2.24) is 19.1 Å². The number of halogens is 2. The van der Waals surface area contributed by atoms with Gasteiger partial charge in [-0.05, 0) is 73.7 Å². The summed E-state index contributed by atoms with van der Waals surface area (Å²) in [6.07, 6.45) is 15.1. The zero-order chi connectivity index (χ0) is 38.0. The maximum absolute atomic E-state index is 13.7. The fourth-order valence-electron chi connectivity index (χ4n) is 5.13. The summed E-state index contributed by atoms with van der Waals surface area (Å²) in [6.45, 7) is 9.49. The number of rotatable bonds is 9. The smallest absolute Gasteiger partial charge is 0.299 e. The summed E-state index contributed by atoms with van der Waals surface area (Å²) >= 11 is 0. The van der Waals surface area contributed by atoms with Gasteiger partial charge < -0.3 is 19.7 Å². The molecule has 0 bridgehead atoms. The molecule has 1 aliphatic heterocycles. The van der Waals surface area contributed by atoms with E-state index in [-0.39, 0.29) is 30.2 Å². The number of anilines is 2. The van der Waals surface area contributed by atoms with E-state index in [1.54, 1.807) is 6.92 Å². The zero-order valence-corrected chi connectivity index (χ0v) is 29.4. The van der Waals surface area contributed by atoms with Gasteiger partial charge in [0.25, 0.3) is 11.1 Å². The number of nitrogens with zero attached hydrogens (tertiary/aromatic N) is 7. The first-order valence-electron chi connectivity index (χ1n) is 16.5. The van der Waals surface area contributed by atoms with Crippen LogP contribution in [0.2, 0.25) is 0 Å². The molecule has 0 spiro atoms. The molecule has 4 aromatic rings. The molecule has 0 unspecified atom stereocenters. The van der Waals surface area contributed by atoms with Gasteiger partial charge in [0.1, 0.15) is 23.8 Å². The van der Waals surface area contributed by atoms with Crippen LogP contribution in [0.3, 0.4) is 0 Å². The van der Waals surface area contributed by atoms with Crippen LogP contribution in [0.1, 0.15) is 69.2 Å². The molecule has 1 aliphatic rings. The molecule has 1 N–H and O–H groups in total. The van der Waals surface area contributed by atoms with Gasteiger partial charge in [0.15, 0.2) is 0 Å². The Morgan fingerprint density at radius 1 is 0.846 bits per heavy atom. The van der Waals surface area contributed by atoms with Gasteiger partial charge in [-0.15, -0.1) is 0 Å². The fourth-order valence-corrected chi connectivity index (χ4v) is 5.13. The predicted octanol–water partition coefficient (Wildman–Crippen LogP) is 5.38. The average molecular weight is 709 g/mol. The number of nitriles is 2. The normalized spacial score (nSPS) is 11.4. The Balaban J connectivity index is 0.000000269. The van der Waals surface area contributed by atoms with Crippen LogP contribution in [0.15, 0.2) is 58.4 Å². The Hall–Kier alpha value is -6.64. The van der Waals surface area contributed by atoms with Crippen LogP contribution in [0, 0.1) is 58.9 Å². The Kier molecular flexibility index (Phi) is 15.4. The van der Waals surface area contributed by atoms with Crippen LogP contribution in [0.4, 0.5) is 20.7 Å². The summed E-state index contributed by atoms with van der Waals surface area (Å²) in [7, 11) is 0. The number of piperidine rings is 1. The number of benzene rings is 2. The van der Waals surface area contributed by atoms with E-state index in [1.807, 2.05) is 43.9 Å². The Morgan fingerprint density at radius 2 is 1.38 bits per heavy atom. The third-order valence-corrected chi connectivity index (χ3v) is 7.45. The van der Waals surface area contributed by atoms with Crippen molar-refractivity contribution >= 4 is 11.9 Å². The first-order valence-corrected chi connectivity index (χ1v) is 16.5. The van der Waals surface area contributed by atoms with Crippen LogP contribution in [0.25, 0.3) is 0 Å². The molecule has 5 rings (SSSR count). The SMILES string of the molecule is C#COc1cnc(N2CCCCC2)n(Cc2cc(F)ccc2C#N)c1=O.CC.CC#COc1cnc(NCC)n(Cc2cc(F)ccc2C#N)c1=O. The molecule has 12 nitrogen and oxygen atoms in total. The topological polar surface area (TPSA) is 151 Å². The van der Waals surface area contributed by atoms with E-state index in [9.17, 15) is 23.6 Å². The molecule has 0 atom stereocenters. The lowest BCUT2D eigenvalue weighted by molar-refractivity contribution is 0.491. The molecule has 3 heterocycles. The highest BCUT2D eigenvalue weighted by Gasteiger charge is 2.20. The van der Waals surface area contributed by atoms with Crippen LogP contribution in [-0.2, 0) is 13.1 Å². The second-order valence-corrected chi connectivity index (χ2v) is 10.7. The number of ether oxygens (including phenoxy) is 2. The van der Waals surface area contributed by atoms with Crippen LogP contribution in [0.5, 0.6) is 11.5 Å². The lowest BCUT2D eigenvalue weighted by Gasteiger charge is -2.29. The van der Waals surface area contributed by atoms with Gasteiger partial charge in [0.2, 0.25) is 23.4 Å². The number of terminal acetylenes is 1. The number of aromatic nitrogens is 4. The highest BCUT2D eigenvalue weighted by molar-refractivity contribution is 5.42. The highest BCUT2D eigenvalue weighted by Crippen LogP contribution is 2.21. The van der Waals surface area contributed by atoms with Gasteiger partial charge in [-0.2, -0.15) is 10.5 Å². The monoisotopic (exact) mass is 708 g/mol. The van der Waals surface area contributed by atoms with Crippen LogP contribution >= 0.6 is 0 Å². The standard InChI is InChI=1S/C19H17FN4O2.C17H15FN4O2.C2H6/c1-2-26-17-12-22-19(23-8-4-3-5-9-23)24(18(17)25)13-15-10-16(20)7-6-14(15)11-21;1-3-7-24-15-10-21-17(20-4-2)22(16(15)23)11-13-8-14(18)6-5-12(13)9-19;1-2/h1,6-7,10,12H,3-5,8-9,13H2;5-6,8,10H,4,11H2,1-2H3,(H,20,21);1-2H3. The third kappa shape index (κ3) is 10.2. The highest BCUT2D eigenvalue weighted by atomic mass is 19.1. The minimum absolute atomic E-state index is 0.0000907. The zero-order valence-electron chi connectivity index (χ0n) is 29.4. The quantitative estimate of drug-likeness (QED) is 0.225. The third-order valence-electron chi connectivity index (χ3n) is 7.45. The summed E-state index contributed by atoms with van der Waals surface area (Å²) in [6, 6.07) is 11.7. The Morgan fingerprint density at radius 3 is 1.92 bits per heavy atom. The molecule has 2 aromatic heterocycles. The molecule has 2 aromatic carbocycles. The minimum atomic E-state index is -0.487. The summed E-state index contributed by atoms with van der Waals surface area (Å²) < 4.78 is 39.8. The van der Waals surface area contributed by atoms with E-state index < -0.39 is 22.8 Å². The van der Waals surface area contributed by atoms with E-state index in [0.29, 0.717) is 35.1 Å². The maximum Gasteiger partial charge on any atom is 0.299 e. The predicted molar refractivity (Wildman–Crippen MR) is 193 cm³/mol. The molecule has 1 saturated heterocycles. The molecular weight excluding hydrogens is 670 g/mol. The molecule has 14 heteroatoms. The van der Waals surface area contributed by atoms with E-state index in [4.69, 9.17) is 21.2 Å². The maximum atomic E-state index is 13.7. The molecule has 0 saturated carbocycles. The summed E-state index contributed by atoms with van der Waals surface area (Å²) in [5.74, 6) is 2.20. The van der Waals surface area contributed by atoms with Crippen molar-refractivity contribution in [2.75, 3.05) is 29.9 Å². The molecule has 0 amide bonds. The number of hydrogen-bond donors (Lipinski definition) is 1. The van der Waals surface area contributed by atoms with E-state index in [0.717, 1.165) is 32.4 Å². The van der Waals surface area contributed by atoms with Gasteiger partial charge in [-0.3, -0.25) is 18.7 Å². The second kappa shape index (κ2) is 20.1. The summed E-state index contributed by atoms with van der Waals surface area (Å²) in [5.41, 5.74) is 0.409. The van der Waals surface area contributed by atoms with Gasteiger partial charge in [-0.1, -0.05) is 26.2 Å². The van der Waals surface area contributed by atoms with E-state index in [2.05, 4.69) is 27.3 Å². The van der Waals surface area contributed by atoms with Gasteiger partial charge in [0, 0.05) is 26.6 Å². The number of nitrogens with one attached hydrogen (secondary N) is 1. The summed E-state index contributed by atoms with van der Waals surface area (Å²) in [5, 5.41) is 21.4. The van der Waals surface area contributed by atoms with Crippen LogP contribution < -0.4 is 30.8 Å².